The van der Waals surface area contributed by atoms with E-state index in [4.69, 9.17) is 14.2 Å². The van der Waals surface area contributed by atoms with Crippen molar-refractivity contribution < 1.29 is 23.7 Å². The standard InChI is InChI=1S/C23H27FN4O4/c1-23(2,29)18-13-16(7-10-19(18)30-3)20-26-21(28-22(27-20)31-4)25-12-11-15-5-8-17(9-6-15)32-14-24/h5-10,13,29H,11-12,14H2,1-4H3,(H,25,26,27,28). The highest BCUT2D eigenvalue weighted by atomic mass is 19.1. The van der Waals surface area contributed by atoms with Crippen molar-refractivity contribution >= 4 is 5.95 Å². The van der Waals surface area contributed by atoms with Crippen LogP contribution in [-0.2, 0) is 12.0 Å². The molecule has 0 bridgehead atoms. The number of methoxy groups -OCH3 is 2. The molecule has 8 nitrogen and oxygen atoms in total. The van der Waals surface area contributed by atoms with Crippen LogP contribution in [0.5, 0.6) is 17.5 Å². The molecule has 0 aliphatic rings. The van der Waals surface area contributed by atoms with E-state index in [1.165, 1.54) is 7.11 Å². The average molecular weight is 442 g/mol. The second-order valence-electron chi connectivity index (χ2n) is 7.52. The number of aromatic nitrogens is 3. The number of anilines is 1. The Morgan fingerprint density at radius 2 is 1.75 bits per heavy atom. The average Bonchev–Trinajstić information content (AvgIpc) is 2.79. The predicted molar refractivity (Wildman–Crippen MR) is 119 cm³/mol. The van der Waals surface area contributed by atoms with Gasteiger partial charge in [-0.05, 0) is 56.2 Å². The predicted octanol–water partition coefficient (Wildman–Crippen LogP) is 3.74. The smallest absolute Gasteiger partial charge is 0.321 e. The zero-order chi connectivity index (χ0) is 23.1. The van der Waals surface area contributed by atoms with Crippen molar-refractivity contribution in [2.45, 2.75) is 25.9 Å². The second-order valence-corrected chi connectivity index (χ2v) is 7.52. The van der Waals surface area contributed by atoms with Crippen molar-refractivity contribution in [3.8, 4) is 28.9 Å². The number of alkyl halides is 1. The van der Waals surface area contributed by atoms with Crippen LogP contribution in [0.4, 0.5) is 10.3 Å². The lowest BCUT2D eigenvalue weighted by Crippen LogP contribution is -2.17. The Balaban J connectivity index is 1.78. The molecule has 1 heterocycles. The van der Waals surface area contributed by atoms with Gasteiger partial charge in [0.05, 0.1) is 19.8 Å². The van der Waals surface area contributed by atoms with E-state index in [2.05, 4.69) is 20.3 Å². The van der Waals surface area contributed by atoms with Gasteiger partial charge in [-0.2, -0.15) is 15.0 Å². The highest BCUT2D eigenvalue weighted by Gasteiger charge is 2.22. The molecule has 0 aliphatic heterocycles. The van der Waals surface area contributed by atoms with Crippen LogP contribution in [-0.4, -0.2) is 47.7 Å². The van der Waals surface area contributed by atoms with Gasteiger partial charge in [0.25, 0.3) is 0 Å². The molecule has 0 unspecified atom stereocenters. The van der Waals surface area contributed by atoms with Gasteiger partial charge in [0.2, 0.25) is 12.8 Å². The summed E-state index contributed by atoms with van der Waals surface area (Å²) in [5, 5.41) is 13.7. The summed E-state index contributed by atoms with van der Waals surface area (Å²) in [6, 6.07) is 12.7. The molecule has 0 radical (unpaired) electrons. The van der Waals surface area contributed by atoms with Gasteiger partial charge in [0.15, 0.2) is 5.82 Å². The van der Waals surface area contributed by atoms with E-state index in [0.717, 1.165) is 5.56 Å². The molecule has 32 heavy (non-hydrogen) atoms. The summed E-state index contributed by atoms with van der Waals surface area (Å²) < 4.78 is 27.6. The Hall–Kier alpha value is -3.46. The third kappa shape index (κ3) is 5.82. The lowest BCUT2D eigenvalue weighted by Gasteiger charge is -2.21. The number of benzene rings is 2. The quantitative estimate of drug-likeness (QED) is 0.490. The monoisotopic (exact) mass is 442 g/mol. The van der Waals surface area contributed by atoms with E-state index in [9.17, 15) is 9.50 Å². The number of hydrogen-bond donors (Lipinski definition) is 2. The molecular formula is C23H27FN4O4. The van der Waals surface area contributed by atoms with Gasteiger partial charge in [0, 0.05) is 17.7 Å². The molecule has 0 saturated carbocycles. The Kier molecular flexibility index (Phi) is 7.42. The molecule has 0 fully saturated rings. The van der Waals surface area contributed by atoms with Gasteiger partial charge >= 0.3 is 6.01 Å². The van der Waals surface area contributed by atoms with E-state index in [1.54, 1.807) is 45.2 Å². The minimum Gasteiger partial charge on any atom is -0.496 e. The highest BCUT2D eigenvalue weighted by molar-refractivity contribution is 5.61. The van der Waals surface area contributed by atoms with Gasteiger partial charge in [0.1, 0.15) is 11.5 Å². The van der Waals surface area contributed by atoms with E-state index < -0.39 is 12.5 Å². The van der Waals surface area contributed by atoms with Gasteiger partial charge in [-0.3, -0.25) is 0 Å². The largest absolute Gasteiger partial charge is 0.496 e. The molecule has 9 heteroatoms. The summed E-state index contributed by atoms with van der Waals surface area (Å²) in [7, 11) is 3.04. The van der Waals surface area contributed by atoms with Gasteiger partial charge in [-0.1, -0.05) is 12.1 Å². The van der Waals surface area contributed by atoms with Crippen LogP contribution in [0.15, 0.2) is 42.5 Å². The molecule has 2 N–H and O–H groups in total. The van der Waals surface area contributed by atoms with Crippen LogP contribution < -0.4 is 19.5 Å². The molecular weight excluding hydrogens is 415 g/mol. The van der Waals surface area contributed by atoms with Crippen LogP contribution in [0.3, 0.4) is 0 Å². The first-order valence-electron chi connectivity index (χ1n) is 10.1. The molecule has 0 saturated heterocycles. The number of ether oxygens (including phenoxy) is 3. The van der Waals surface area contributed by atoms with Crippen molar-refractivity contribution in [1.29, 1.82) is 0 Å². The minimum absolute atomic E-state index is 0.172. The van der Waals surface area contributed by atoms with Crippen LogP contribution in [0.25, 0.3) is 11.4 Å². The summed E-state index contributed by atoms with van der Waals surface area (Å²) in [5.41, 5.74) is 1.25. The van der Waals surface area contributed by atoms with Crippen LogP contribution >= 0.6 is 0 Å². The topological polar surface area (TPSA) is 98.6 Å². The zero-order valence-electron chi connectivity index (χ0n) is 18.6. The van der Waals surface area contributed by atoms with Crippen LogP contribution in [0.2, 0.25) is 0 Å². The number of aliphatic hydroxyl groups is 1. The molecule has 3 aromatic rings. The zero-order valence-corrected chi connectivity index (χ0v) is 18.6. The van der Waals surface area contributed by atoms with E-state index in [1.807, 2.05) is 18.2 Å². The number of halogens is 1. The molecule has 0 aliphatic carbocycles. The number of nitrogens with one attached hydrogen (secondary N) is 1. The first kappa shape index (κ1) is 23.2. The number of nitrogens with zero attached hydrogens (tertiary/aromatic N) is 3. The Labute approximate surface area is 186 Å². The van der Waals surface area contributed by atoms with Gasteiger partial charge < -0.3 is 24.6 Å². The van der Waals surface area contributed by atoms with Crippen LogP contribution in [0.1, 0.15) is 25.0 Å². The van der Waals surface area contributed by atoms with Crippen molar-refractivity contribution in [3.05, 3.63) is 53.6 Å². The van der Waals surface area contributed by atoms with Crippen LogP contribution in [0, 0.1) is 0 Å². The number of rotatable bonds is 10. The Morgan fingerprint density at radius 3 is 2.38 bits per heavy atom. The molecule has 0 amide bonds. The summed E-state index contributed by atoms with van der Waals surface area (Å²) in [4.78, 5) is 13.1. The Bertz CT molecular complexity index is 1040. The molecule has 3 rings (SSSR count). The maximum absolute atomic E-state index is 12.2. The maximum Gasteiger partial charge on any atom is 0.321 e. The number of hydrogen-bond acceptors (Lipinski definition) is 8. The van der Waals surface area contributed by atoms with Crippen molar-refractivity contribution in [2.24, 2.45) is 0 Å². The summed E-state index contributed by atoms with van der Waals surface area (Å²) in [6.07, 6.45) is 0.699. The fraction of sp³-hybridized carbons (Fsp3) is 0.348. The summed E-state index contributed by atoms with van der Waals surface area (Å²) in [5.74, 6) is 1.83. The molecule has 0 spiro atoms. The Morgan fingerprint density at radius 1 is 1.00 bits per heavy atom. The third-order valence-corrected chi connectivity index (χ3v) is 4.76. The normalized spacial score (nSPS) is 11.2. The summed E-state index contributed by atoms with van der Waals surface area (Å²) >= 11 is 0. The van der Waals surface area contributed by atoms with Crippen molar-refractivity contribution in [1.82, 2.24) is 15.0 Å². The molecule has 1 aromatic heterocycles. The van der Waals surface area contributed by atoms with E-state index in [0.29, 0.717) is 47.4 Å². The first-order chi connectivity index (χ1) is 15.3. The van der Waals surface area contributed by atoms with E-state index >= 15 is 0 Å². The minimum atomic E-state index is -1.11. The lowest BCUT2D eigenvalue weighted by atomic mass is 9.95. The second kappa shape index (κ2) is 10.2. The fourth-order valence-electron chi connectivity index (χ4n) is 3.12. The summed E-state index contributed by atoms with van der Waals surface area (Å²) in [6.45, 7) is 3.08. The van der Waals surface area contributed by atoms with Gasteiger partial charge in [-0.25, -0.2) is 4.39 Å². The lowest BCUT2D eigenvalue weighted by molar-refractivity contribution is 0.0757. The maximum atomic E-state index is 12.2. The third-order valence-electron chi connectivity index (χ3n) is 4.76. The van der Waals surface area contributed by atoms with Crippen molar-refractivity contribution in [3.63, 3.8) is 0 Å². The van der Waals surface area contributed by atoms with Crippen molar-refractivity contribution in [2.75, 3.05) is 32.9 Å². The molecule has 0 atom stereocenters. The molecule has 170 valence electrons. The van der Waals surface area contributed by atoms with E-state index in [-0.39, 0.29) is 6.01 Å². The molecule has 2 aromatic carbocycles. The van der Waals surface area contributed by atoms with Gasteiger partial charge in [-0.15, -0.1) is 0 Å². The SMILES string of the molecule is COc1nc(NCCc2ccc(OCF)cc2)nc(-c2ccc(OC)c(C(C)(C)O)c2)n1. The first-order valence-corrected chi connectivity index (χ1v) is 10.1. The fourth-order valence-corrected chi connectivity index (χ4v) is 3.12. The highest BCUT2D eigenvalue weighted by Crippen LogP contribution is 2.33.